The lowest BCUT2D eigenvalue weighted by atomic mass is 10.0. The summed E-state index contributed by atoms with van der Waals surface area (Å²) in [5.41, 5.74) is 0.185. The number of β-amino-alcohol motifs (C(OH)–C–C–N with tert-alkyl or cyclic N) is 1. The zero-order valence-corrected chi connectivity index (χ0v) is 12.8. The van der Waals surface area contributed by atoms with E-state index in [2.05, 4.69) is 9.80 Å². The number of likely N-dealkylation sites (tertiary alicyclic amines) is 2. The first-order valence-electron chi connectivity index (χ1n) is 8.23. The highest BCUT2D eigenvalue weighted by atomic mass is 19.1. The van der Waals surface area contributed by atoms with Crippen LogP contribution in [-0.4, -0.2) is 53.7 Å². The molecule has 0 saturated carbocycles. The van der Waals surface area contributed by atoms with Crippen molar-refractivity contribution in [3.63, 3.8) is 0 Å². The molecule has 2 atom stereocenters. The quantitative estimate of drug-likeness (QED) is 0.926. The van der Waals surface area contributed by atoms with Gasteiger partial charge in [-0.3, -0.25) is 9.80 Å². The first-order chi connectivity index (χ1) is 10.6. The maximum atomic E-state index is 13.8. The van der Waals surface area contributed by atoms with Crippen molar-refractivity contribution in [2.75, 3.05) is 32.7 Å². The Bertz CT molecular complexity index is 505. The summed E-state index contributed by atoms with van der Waals surface area (Å²) in [6.07, 6.45) is 3.97. The summed E-state index contributed by atoms with van der Waals surface area (Å²) >= 11 is 0. The third-order valence-electron chi connectivity index (χ3n) is 4.89. The van der Waals surface area contributed by atoms with Crippen molar-refractivity contribution in [3.8, 4) is 0 Å². The first kappa shape index (κ1) is 15.8. The van der Waals surface area contributed by atoms with Crippen molar-refractivity contribution in [2.24, 2.45) is 0 Å². The fourth-order valence-corrected chi connectivity index (χ4v) is 3.72. The summed E-state index contributed by atoms with van der Waals surface area (Å²) in [6.45, 7) is 4.62. The highest BCUT2D eigenvalue weighted by molar-refractivity contribution is 5.21. The van der Waals surface area contributed by atoms with Gasteiger partial charge in [-0.1, -0.05) is 6.07 Å². The molecule has 0 radical (unpaired) electrons. The molecule has 22 heavy (non-hydrogen) atoms. The molecule has 2 saturated heterocycles. The predicted octanol–water partition coefficient (Wildman–Crippen LogP) is 2.56. The number of benzene rings is 1. The summed E-state index contributed by atoms with van der Waals surface area (Å²) < 4.78 is 26.7. The standard InChI is InChI=1S/C17H24F2N2O/c18-13-5-6-15(16(19)10-13)17(22)12-20-7-3-4-14(11-20)21-8-1-2-9-21/h5-6,10,14,17,22H,1-4,7-9,11-12H2. The normalized spacial score (nSPS) is 25.5. The lowest BCUT2D eigenvalue weighted by Gasteiger charge is -2.38. The maximum Gasteiger partial charge on any atom is 0.131 e. The molecule has 1 N–H and O–H groups in total. The molecule has 3 rings (SSSR count). The van der Waals surface area contributed by atoms with Crippen LogP contribution >= 0.6 is 0 Å². The number of hydrogen-bond donors (Lipinski definition) is 1. The van der Waals surface area contributed by atoms with E-state index < -0.39 is 17.7 Å². The van der Waals surface area contributed by atoms with E-state index in [4.69, 9.17) is 0 Å². The minimum absolute atomic E-state index is 0.185. The van der Waals surface area contributed by atoms with Crippen LogP contribution in [-0.2, 0) is 0 Å². The second-order valence-corrected chi connectivity index (χ2v) is 6.48. The summed E-state index contributed by atoms with van der Waals surface area (Å²) in [5.74, 6) is -1.28. The summed E-state index contributed by atoms with van der Waals surface area (Å²) in [6, 6.07) is 3.94. The highest BCUT2D eigenvalue weighted by Crippen LogP contribution is 2.24. The van der Waals surface area contributed by atoms with Gasteiger partial charge in [-0.2, -0.15) is 0 Å². The second kappa shape index (κ2) is 7.02. The minimum atomic E-state index is -0.905. The van der Waals surface area contributed by atoms with Gasteiger partial charge in [-0.25, -0.2) is 8.78 Å². The largest absolute Gasteiger partial charge is 0.387 e. The highest BCUT2D eigenvalue weighted by Gasteiger charge is 2.28. The average molecular weight is 310 g/mol. The Morgan fingerprint density at radius 1 is 1.14 bits per heavy atom. The Labute approximate surface area is 130 Å². The van der Waals surface area contributed by atoms with Crippen LogP contribution in [0.25, 0.3) is 0 Å². The van der Waals surface area contributed by atoms with Gasteiger partial charge in [-0.15, -0.1) is 0 Å². The van der Waals surface area contributed by atoms with E-state index in [1.807, 2.05) is 0 Å². The molecular weight excluding hydrogens is 286 g/mol. The molecule has 0 aromatic heterocycles. The molecule has 0 spiro atoms. The van der Waals surface area contributed by atoms with Crippen LogP contribution in [0, 0.1) is 11.6 Å². The molecule has 1 aromatic carbocycles. The Morgan fingerprint density at radius 2 is 1.91 bits per heavy atom. The lowest BCUT2D eigenvalue weighted by molar-refractivity contribution is 0.0636. The molecule has 0 aliphatic carbocycles. The molecule has 1 aromatic rings. The van der Waals surface area contributed by atoms with Crippen molar-refractivity contribution >= 4 is 0 Å². The number of hydrogen-bond acceptors (Lipinski definition) is 3. The van der Waals surface area contributed by atoms with Crippen LogP contribution in [0.15, 0.2) is 18.2 Å². The number of halogens is 2. The summed E-state index contributed by atoms with van der Waals surface area (Å²) in [4.78, 5) is 4.75. The number of nitrogens with zero attached hydrogens (tertiary/aromatic N) is 2. The topological polar surface area (TPSA) is 26.7 Å². The number of rotatable bonds is 4. The van der Waals surface area contributed by atoms with Gasteiger partial charge in [0, 0.05) is 30.8 Å². The van der Waals surface area contributed by atoms with Crippen molar-refractivity contribution < 1.29 is 13.9 Å². The molecule has 2 heterocycles. The zero-order valence-electron chi connectivity index (χ0n) is 12.8. The third-order valence-corrected chi connectivity index (χ3v) is 4.89. The van der Waals surface area contributed by atoms with Gasteiger partial charge in [0.15, 0.2) is 0 Å². The fraction of sp³-hybridized carbons (Fsp3) is 0.647. The van der Waals surface area contributed by atoms with E-state index in [0.29, 0.717) is 12.6 Å². The van der Waals surface area contributed by atoms with Crippen LogP contribution in [0.1, 0.15) is 37.4 Å². The number of aliphatic hydroxyl groups is 1. The monoisotopic (exact) mass is 310 g/mol. The van der Waals surface area contributed by atoms with Gasteiger partial charge < -0.3 is 5.11 Å². The third kappa shape index (κ3) is 3.65. The Balaban J connectivity index is 1.59. The first-order valence-corrected chi connectivity index (χ1v) is 8.23. The van der Waals surface area contributed by atoms with E-state index in [1.165, 1.54) is 44.5 Å². The van der Waals surface area contributed by atoms with Crippen LogP contribution in [0.5, 0.6) is 0 Å². The molecule has 2 fully saturated rings. The number of piperidine rings is 1. The van der Waals surface area contributed by atoms with Gasteiger partial charge >= 0.3 is 0 Å². The molecule has 5 heteroatoms. The van der Waals surface area contributed by atoms with E-state index in [-0.39, 0.29) is 5.56 Å². The van der Waals surface area contributed by atoms with E-state index in [9.17, 15) is 13.9 Å². The smallest absolute Gasteiger partial charge is 0.131 e. The molecule has 122 valence electrons. The van der Waals surface area contributed by atoms with Crippen LogP contribution in [0.4, 0.5) is 8.78 Å². The molecule has 0 bridgehead atoms. The average Bonchev–Trinajstić information content (AvgIpc) is 3.01. The van der Waals surface area contributed by atoms with Crippen LogP contribution < -0.4 is 0 Å². The summed E-state index contributed by atoms with van der Waals surface area (Å²) in [5, 5.41) is 10.3. The second-order valence-electron chi connectivity index (χ2n) is 6.48. The Hall–Kier alpha value is -1.04. The van der Waals surface area contributed by atoms with Crippen molar-refractivity contribution in [1.82, 2.24) is 9.80 Å². The predicted molar refractivity (Wildman–Crippen MR) is 81.6 cm³/mol. The van der Waals surface area contributed by atoms with Gasteiger partial charge in [0.2, 0.25) is 0 Å². The lowest BCUT2D eigenvalue weighted by Crippen LogP contribution is -2.47. The van der Waals surface area contributed by atoms with E-state index in [0.717, 1.165) is 25.6 Å². The van der Waals surface area contributed by atoms with Crippen molar-refractivity contribution in [1.29, 1.82) is 0 Å². The van der Waals surface area contributed by atoms with Gasteiger partial charge in [-0.05, 0) is 51.4 Å². The molecular formula is C17H24F2N2O. The number of aliphatic hydroxyl groups excluding tert-OH is 1. The molecule has 2 unspecified atom stereocenters. The van der Waals surface area contributed by atoms with Gasteiger partial charge in [0.05, 0.1) is 6.10 Å². The van der Waals surface area contributed by atoms with Crippen molar-refractivity contribution in [3.05, 3.63) is 35.4 Å². The van der Waals surface area contributed by atoms with Gasteiger partial charge in [0.1, 0.15) is 11.6 Å². The van der Waals surface area contributed by atoms with Crippen molar-refractivity contribution in [2.45, 2.75) is 37.8 Å². The SMILES string of the molecule is OC(CN1CCCC(N2CCCC2)C1)c1ccc(F)cc1F. The fourth-order valence-electron chi connectivity index (χ4n) is 3.72. The summed E-state index contributed by atoms with van der Waals surface area (Å²) in [7, 11) is 0. The molecule has 2 aliphatic rings. The Morgan fingerprint density at radius 3 is 2.64 bits per heavy atom. The van der Waals surface area contributed by atoms with Gasteiger partial charge in [0.25, 0.3) is 0 Å². The molecule has 2 aliphatic heterocycles. The molecule has 0 amide bonds. The minimum Gasteiger partial charge on any atom is -0.387 e. The molecule has 3 nitrogen and oxygen atoms in total. The van der Waals surface area contributed by atoms with E-state index in [1.54, 1.807) is 0 Å². The Kier molecular flexibility index (Phi) is 5.06. The maximum absolute atomic E-state index is 13.8. The van der Waals surface area contributed by atoms with Crippen LogP contribution in [0.3, 0.4) is 0 Å². The van der Waals surface area contributed by atoms with Crippen LogP contribution in [0.2, 0.25) is 0 Å². The zero-order chi connectivity index (χ0) is 15.5. The van der Waals surface area contributed by atoms with E-state index >= 15 is 0 Å².